The van der Waals surface area contributed by atoms with E-state index in [2.05, 4.69) is 0 Å². The maximum Gasteiger partial charge on any atom is 0.228 e. The molecule has 1 aliphatic rings. The maximum absolute atomic E-state index is 11.6. The maximum atomic E-state index is 11.6. The molecule has 0 saturated carbocycles. The minimum atomic E-state index is -0.115. The summed E-state index contributed by atoms with van der Waals surface area (Å²) in [6.45, 7) is 0.503. The molecule has 2 rings (SSSR count). The van der Waals surface area contributed by atoms with Crippen LogP contribution in [0.5, 0.6) is 0 Å². The van der Waals surface area contributed by atoms with Gasteiger partial charge in [0.05, 0.1) is 11.4 Å². The first-order valence-electron chi connectivity index (χ1n) is 4.69. The van der Waals surface area contributed by atoms with Gasteiger partial charge in [0.25, 0.3) is 0 Å². The van der Waals surface area contributed by atoms with Gasteiger partial charge in [0.1, 0.15) is 0 Å². The molecule has 1 aromatic rings. The highest BCUT2D eigenvalue weighted by molar-refractivity contribution is 6.31. The average molecular weight is 226 g/mol. The lowest BCUT2D eigenvalue weighted by Gasteiger charge is -2.18. The predicted molar refractivity (Wildman–Crippen MR) is 60.8 cm³/mol. The third-order valence-corrected chi connectivity index (χ3v) is 2.67. The Balaban J connectivity index is 2.37. The second-order valence-electron chi connectivity index (χ2n) is 3.67. The lowest BCUT2D eigenvalue weighted by atomic mass is 10.2. The van der Waals surface area contributed by atoms with E-state index in [1.807, 2.05) is 0 Å². The van der Waals surface area contributed by atoms with Crippen LogP contribution in [0.4, 0.5) is 11.4 Å². The first-order chi connectivity index (χ1) is 7.08. The molecule has 15 heavy (non-hydrogen) atoms. The van der Waals surface area contributed by atoms with Gasteiger partial charge < -0.3 is 16.4 Å². The van der Waals surface area contributed by atoms with Crippen molar-refractivity contribution in [3.05, 3.63) is 23.2 Å². The van der Waals surface area contributed by atoms with Crippen LogP contribution in [0.3, 0.4) is 0 Å². The second kappa shape index (κ2) is 3.72. The molecule has 1 unspecified atom stereocenters. The van der Waals surface area contributed by atoms with Crippen molar-refractivity contribution in [3.8, 4) is 0 Å². The van der Waals surface area contributed by atoms with Crippen molar-refractivity contribution >= 4 is 28.9 Å². The molecule has 1 aliphatic heterocycles. The molecule has 0 bridgehead atoms. The highest BCUT2D eigenvalue weighted by Gasteiger charge is 2.29. The highest BCUT2D eigenvalue weighted by Crippen LogP contribution is 2.29. The Kier molecular flexibility index (Phi) is 2.54. The predicted octanol–water partition coefficient (Wildman–Crippen LogP) is 0.986. The first-order valence-corrected chi connectivity index (χ1v) is 5.06. The van der Waals surface area contributed by atoms with E-state index in [1.165, 1.54) is 0 Å². The molecular formula is C10H12ClN3O. The van der Waals surface area contributed by atoms with Crippen molar-refractivity contribution in [1.29, 1.82) is 0 Å². The minimum absolute atomic E-state index is 0.00327. The summed E-state index contributed by atoms with van der Waals surface area (Å²) in [6, 6.07) is 4.96. The zero-order valence-electron chi connectivity index (χ0n) is 8.11. The number of nitrogen functional groups attached to an aromatic ring is 1. The summed E-state index contributed by atoms with van der Waals surface area (Å²) in [5.41, 5.74) is 12.7. The molecule has 5 heteroatoms. The number of amides is 1. The lowest BCUT2D eigenvalue weighted by molar-refractivity contribution is -0.117. The van der Waals surface area contributed by atoms with Crippen LogP contribution in [0.15, 0.2) is 18.2 Å². The second-order valence-corrected chi connectivity index (χ2v) is 4.11. The summed E-state index contributed by atoms with van der Waals surface area (Å²) >= 11 is 5.85. The molecule has 1 heterocycles. The van der Waals surface area contributed by atoms with E-state index in [0.29, 0.717) is 29.4 Å². The fraction of sp³-hybridized carbons (Fsp3) is 0.300. The fourth-order valence-corrected chi connectivity index (χ4v) is 1.88. The summed E-state index contributed by atoms with van der Waals surface area (Å²) in [5.74, 6) is -0.00327. The molecule has 1 amide bonds. The first kappa shape index (κ1) is 10.3. The van der Waals surface area contributed by atoms with Gasteiger partial charge in [0.15, 0.2) is 0 Å². The number of hydrogen-bond donors (Lipinski definition) is 2. The molecule has 80 valence electrons. The van der Waals surface area contributed by atoms with Gasteiger partial charge in [-0.1, -0.05) is 11.6 Å². The molecule has 0 radical (unpaired) electrons. The molecule has 0 spiro atoms. The molecular weight excluding hydrogens is 214 g/mol. The van der Waals surface area contributed by atoms with Crippen molar-refractivity contribution in [1.82, 2.24) is 0 Å². The van der Waals surface area contributed by atoms with E-state index in [0.717, 1.165) is 0 Å². The number of carbonyl (C=O) groups excluding carboxylic acids is 1. The van der Waals surface area contributed by atoms with E-state index in [9.17, 15) is 4.79 Å². The Hall–Kier alpha value is -1.26. The number of nitrogens with zero attached hydrogens (tertiary/aromatic N) is 1. The van der Waals surface area contributed by atoms with Gasteiger partial charge in [-0.2, -0.15) is 0 Å². The van der Waals surface area contributed by atoms with E-state index < -0.39 is 0 Å². The van der Waals surface area contributed by atoms with E-state index in [1.54, 1.807) is 23.1 Å². The quantitative estimate of drug-likeness (QED) is 0.700. The molecule has 0 aromatic heterocycles. The molecule has 0 aliphatic carbocycles. The normalized spacial score (nSPS) is 21.1. The average Bonchev–Trinajstić information content (AvgIpc) is 2.50. The SMILES string of the molecule is Nc1ccc(Cl)cc1N1CC(N)CC1=O. The van der Waals surface area contributed by atoms with Crippen LogP contribution in [0.1, 0.15) is 6.42 Å². The van der Waals surface area contributed by atoms with Gasteiger partial charge in [-0.15, -0.1) is 0 Å². The van der Waals surface area contributed by atoms with Crippen LogP contribution >= 0.6 is 11.6 Å². The van der Waals surface area contributed by atoms with Gasteiger partial charge in [-0.25, -0.2) is 0 Å². The number of benzene rings is 1. The summed E-state index contributed by atoms with van der Waals surface area (Å²) < 4.78 is 0. The van der Waals surface area contributed by atoms with Crippen LogP contribution < -0.4 is 16.4 Å². The molecule has 4 nitrogen and oxygen atoms in total. The lowest BCUT2D eigenvalue weighted by Crippen LogP contribution is -2.28. The minimum Gasteiger partial charge on any atom is -0.397 e. The zero-order valence-corrected chi connectivity index (χ0v) is 8.87. The Morgan fingerprint density at radius 1 is 1.47 bits per heavy atom. The van der Waals surface area contributed by atoms with Crippen molar-refractivity contribution < 1.29 is 4.79 Å². The highest BCUT2D eigenvalue weighted by atomic mass is 35.5. The van der Waals surface area contributed by atoms with Crippen LogP contribution in [-0.2, 0) is 4.79 Å². The molecule has 1 fully saturated rings. The zero-order chi connectivity index (χ0) is 11.0. The van der Waals surface area contributed by atoms with Crippen LogP contribution in [0.2, 0.25) is 5.02 Å². The van der Waals surface area contributed by atoms with Gasteiger partial charge >= 0.3 is 0 Å². The fourth-order valence-electron chi connectivity index (χ4n) is 1.72. The largest absolute Gasteiger partial charge is 0.397 e. The van der Waals surface area contributed by atoms with Gasteiger partial charge in [0, 0.05) is 24.0 Å². The van der Waals surface area contributed by atoms with E-state index >= 15 is 0 Å². The van der Waals surface area contributed by atoms with Gasteiger partial charge in [0.2, 0.25) is 5.91 Å². The standard InChI is InChI=1S/C10H12ClN3O/c11-6-1-2-8(13)9(3-6)14-5-7(12)4-10(14)15/h1-3,7H,4-5,12-13H2. The monoisotopic (exact) mass is 225 g/mol. The van der Waals surface area contributed by atoms with Crippen molar-refractivity contribution in [3.63, 3.8) is 0 Å². The molecule has 4 N–H and O–H groups in total. The molecule has 1 saturated heterocycles. The number of rotatable bonds is 1. The van der Waals surface area contributed by atoms with Crippen LogP contribution in [0.25, 0.3) is 0 Å². The van der Waals surface area contributed by atoms with E-state index in [-0.39, 0.29) is 11.9 Å². The van der Waals surface area contributed by atoms with Crippen molar-refractivity contribution in [2.45, 2.75) is 12.5 Å². The Labute approximate surface area is 92.8 Å². The third-order valence-electron chi connectivity index (χ3n) is 2.44. The summed E-state index contributed by atoms with van der Waals surface area (Å²) in [4.78, 5) is 13.2. The van der Waals surface area contributed by atoms with Crippen LogP contribution in [0, 0.1) is 0 Å². The Morgan fingerprint density at radius 3 is 2.80 bits per heavy atom. The molecule has 1 atom stereocenters. The smallest absolute Gasteiger partial charge is 0.228 e. The topological polar surface area (TPSA) is 72.3 Å². The van der Waals surface area contributed by atoms with Gasteiger partial charge in [-0.3, -0.25) is 4.79 Å². The number of anilines is 2. The van der Waals surface area contributed by atoms with Crippen molar-refractivity contribution in [2.24, 2.45) is 5.73 Å². The number of hydrogen-bond acceptors (Lipinski definition) is 3. The summed E-state index contributed by atoms with van der Waals surface area (Å²) in [7, 11) is 0. The number of nitrogens with two attached hydrogens (primary N) is 2. The molecule has 1 aromatic carbocycles. The summed E-state index contributed by atoms with van der Waals surface area (Å²) in [6.07, 6.45) is 0.367. The third kappa shape index (κ3) is 1.91. The Bertz CT molecular complexity index is 408. The van der Waals surface area contributed by atoms with Crippen molar-refractivity contribution in [2.75, 3.05) is 17.2 Å². The summed E-state index contributed by atoms with van der Waals surface area (Å²) in [5, 5.41) is 0.562. The van der Waals surface area contributed by atoms with Gasteiger partial charge in [-0.05, 0) is 18.2 Å². The van der Waals surface area contributed by atoms with Crippen LogP contribution in [-0.4, -0.2) is 18.5 Å². The number of halogens is 1. The van der Waals surface area contributed by atoms with E-state index in [4.69, 9.17) is 23.1 Å². The number of carbonyl (C=O) groups is 1. The Morgan fingerprint density at radius 2 is 2.20 bits per heavy atom.